The second kappa shape index (κ2) is 8.01. The lowest BCUT2D eigenvalue weighted by Crippen LogP contribution is -2.51. The minimum absolute atomic E-state index is 0.0427. The Labute approximate surface area is 153 Å². The first kappa shape index (κ1) is 17.9. The number of rotatable bonds is 3. The van der Waals surface area contributed by atoms with Gasteiger partial charge in [-0.2, -0.15) is 0 Å². The second-order valence-corrected chi connectivity index (χ2v) is 6.53. The molecule has 2 aromatic carbocycles. The molecule has 1 heterocycles. The minimum atomic E-state index is -0.722. The Morgan fingerprint density at radius 1 is 1.04 bits per heavy atom. The van der Waals surface area contributed by atoms with Crippen LogP contribution in [0.3, 0.4) is 0 Å². The highest BCUT2D eigenvalue weighted by Gasteiger charge is 2.26. The zero-order chi connectivity index (χ0) is 18.5. The van der Waals surface area contributed by atoms with Crippen LogP contribution < -0.4 is 5.32 Å². The number of anilines is 1. The van der Waals surface area contributed by atoms with Crippen molar-refractivity contribution in [2.45, 2.75) is 13.5 Å². The van der Waals surface area contributed by atoms with Gasteiger partial charge in [0, 0.05) is 32.7 Å². The molecule has 2 amide bonds. The molecule has 0 bridgehead atoms. The Morgan fingerprint density at radius 3 is 2.38 bits per heavy atom. The molecule has 0 aliphatic carbocycles. The summed E-state index contributed by atoms with van der Waals surface area (Å²) < 4.78 is 0. The molecule has 26 heavy (non-hydrogen) atoms. The number of amides is 2. The van der Waals surface area contributed by atoms with Crippen LogP contribution in [0.15, 0.2) is 48.5 Å². The van der Waals surface area contributed by atoms with Crippen molar-refractivity contribution >= 4 is 17.5 Å². The molecule has 2 aromatic rings. The van der Waals surface area contributed by atoms with Crippen molar-refractivity contribution in [2.24, 2.45) is 0 Å². The van der Waals surface area contributed by atoms with Gasteiger partial charge in [-0.25, -0.2) is 0 Å². The molecule has 0 unspecified atom stereocenters. The molecule has 3 rings (SSSR count). The largest absolute Gasteiger partial charge is 0.506 e. The van der Waals surface area contributed by atoms with Gasteiger partial charge in [-0.1, -0.05) is 36.4 Å². The van der Waals surface area contributed by atoms with Gasteiger partial charge in [0.25, 0.3) is 0 Å². The van der Waals surface area contributed by atoms with E-state index >= 15 is 0 Å². The normalized spacial score (nSPS) is 14.9. The number of nitrogens with one attached hydrogen (secondary N) is 1. The molecule has 6 heteroatoms. The van der Waals surface area contributed by atoms with Crippen LogP contribution in [0.5, 0.6) is 5.75 Å². The molecule has 1 aliphatic heterocycles. The maximum Gasteiger partial charge on any atom is 0.314 e. The first-order valence-electron chi connectivity index (χ1n) is 8.69. The Kier molecular flexibility index (Phi) is 5.53. The molecule has 1 saturated heterocycles. The molecule has 0 aromatic heterocycles. The fourth-order valence-electron chi connectivity index (χ4n) is 3.02. The van der Waals surface area contributed by atoms with Gasteiger partial charge in [0.1, 0.15) is 5.75 Å². The number of nitrogens with zero attached hydrogens (tertiary/aromatic N) is 2. The number of benzene rings is 2. The number of hydrogen-bond acceptors (Lipinski definition) is 4. The number of aryl methyl sites for hydroxylation is 1. The first-order valence-corrected chi connectivity index (χ1v) is 8.69. The molecular weight excluding hydrogens is 330 g/mol. The number of phenols is 1. The number of hydrogen-bond donors (Lipinski definition) is 2. The number of aromatic hydroxyl groups is 1. The van der Waals surface area contributed by atoms with Crippen molar-refractivity contribution in [3.8, 4) is 5.75 Å². The summed E-state index contributed by atoms with van der Waals surface area (Å²) in [5, 5.41) is 12.4. The lowest BCUT2D eigenvalue weighted by atomic mass is 10.2. The Hall–Kier alpha value is -2.86. The van der Waals surface area contributed by atoms with E-state index < -0.39 is 11.8 Å². The van der Waals surface area contributed by atoms with E-state index in [1.54, 1.807) is 23.1 Å². The van der Waals surface area contributed by atoms with Gasteiger partial charge in [0.2, 0.25) is 0 Å². The summed E-state index contributed by atoms with van der Waals surface area (Å²) in [5.74, 6) is -1.33. The monoisotopic (exact) mass is 353 g/mol. The van der Waals surface area contributed by atoms with E-state index in [-0.39, 0.29) is 11.4 Å². The van der Waals surface area contributed by atoms with E-state index in [0.717, 1.165) is 25.2 Å². The Balaban J connectivity index is 1.52. The van der Waals surface area contributed by atoms with Gasteiger partial charge in [-0.15, -0.1) is 0 Å². The Morgan fingerprint density at radius 2 is 1.73 bits per heavy atom. The SMILES string of the molecule is Cc1ccc(NC(=O)C(=O)N2CCN(Cc3ccccc3)CC2)c(O)c1. The quantitative estimate of drug-likeness (QED) is 0.654. The lowest BCUT2D eigenvalue weighted by molar-refractivity contribution is -0.144. The highest BCUT2D eigenvalue weighted by Crippen LogP contribution is 2.23. The number of piperazine rings is 1. The van der Waals surface area contributed by atoms with Crippen LogP contribution in [0.2, 0.25) is 0 Å². The summed E-state index contributed by atoms with van der Waals surface area (Å²) in [5.41, 5.74) is 2.36. The smallest absolute Gasteiger partial charge is 0.314 e. The molecule has 0 radical (unpaired) electrons. The van der Waals surface area contributed by atoms with Crippen molar-refractivity contribution < 1.29 is 14.7 Å². The van der Waals surface area contributed by atoms with Crippen molar-refractivity contribution in [1.29, 1.82) is 0 Å². The predicted octanol–water partition coefficient (Wildman–Crippen LogP) is 1.98. The van der Waals surface area contributed by atoms with E-state index in [1.165, 1.54) is 5.56 Å². The summed E-state index contributed by atoms with van der Waals surface area (Å²) in [6, 6.07) is 15.1. The van der Waals surface area contributed by atoms with Gasteiger partial charge in [0.15, 0.2) is 0 Å². The standard InChI is InChI=1S/C20H23N3O3/c1-15-7-8-17(18(24)13-15)21-19(25)20(26)23-11-9-22(10-12-23)14-16-5-3-2-4-6-16/h2-8,13,24H,9-12,14H2,1H3,(H,21,25). The predicted molar refractivity (Wildman–Crippen MR) is 99.8 cm³/mol. The average Bonchev–Trinajstić information content (AvgIpc) is 2.65. The van der Waals surface area contributed by atoms with E-state index in [4.69, 9.17) is 0 Å². The van der Waals surface area contributed by atoms with Gasteiger partial charge in [-0.05, 0) is 30.2 Å². The van der Waals surface area contributed by atoms with Gasteiger partial charge in [-0.3, -0.25) is 14.5 Å². The molecule has 0 saturated carbocycles. The lowest BCUT2D eigenvalue weighted by Gasteiger charge is -2.34. The topological polar surface area (TPSA) is 72.9 Å². The van der Waals surface area contributed by atoms with Crippen molar-refractivity contribution in [3.05, 3.63) is 59.7 Å². The van der Waals surface area contributed by atoms with Crippen LogP contribution in [0, 0.1) is 6.92 Å². The van der Waals surface area contributed by atoms with Crippen LogP contribution in [0.25, 0.3) is 0 Å². The summed E-state index contributed by atoms with van der Waals surface area (Å²) in [7, 11) is 0. The third-order valence-corrected chi connectivity index (χ3v) is 4.50. The van der Waals surface area contributed by atoms with Crippen molar-refractivity contribution in [1.82, 2.24) is 9.80 Å². The maximum absolute atomic E-state index is 12.4. The Bertz CT molecular complexity index is 784. The zero-order valence-electron chi connectivity index (χ0n) is 14.8. The van der Waals surface area contributed by atoms with Crippen LogP contribution >= 0.6 is 0 Å². The molecule has 1 aliphatic rings. The fourth-order valence-corrected chi connectivity index (χ4v) is 3.02. The third-order valence-electron chi connectivity index (χ3n) is 4.50. The number of carbonyl (C=O) groups is 2. The summed E-state index contributed by atoms with van der Waals surface area (Å²) >= 11 is 0. The van der Waals surface area contributed by atoms with Crippen LogP contribution in [0.1, 0.15) is 11.1 Å². The summed E-state index contributed by atoms with van der Waals surface area (Å²) in [4.78, 5) is 28.4. The first-order chi connectivity index (χ1) is 12.5. The summed E-state index contributed by atoms with van der Waals surface area (Å²) in [6.45, 7) is 5.16. The van der Waals surface area contributed by atoms with E-state index in [9.17, 15) is 14.7 Å². The average molecular weight is 353 g/mol. The molecule has 0 atom stereocenters. The van der Waals surface area contributed by atoms with E-state index in [1.807, 2.05) is 25.1 Å². The third kappa shape index (κ3) is 4.40. The second-order valence-electron chi connectivity index (χ2n) is 6.53. The number of carbonyl (C=O) groups excluding carboxylic acids is 2. The summed E-state index contributed by atoms with van der Waals surface area (Å²) in [6.07, 6.45) is 0. The van der Waals surface area contributed by atoms with Crippen LogP contribution in [-0.4, -0.2) is 52.9 Å². The number of phenolic OH excluding ortho intramolecular Hbond substituents is 1. The van der Waals surface area contributed by atoms with E-state index in [2.05, 4.69) is 22.3 Å². The van der Waals surface area contributed by atoms with Crippen molar-refractivity contribution in [3.63, 3.8) is 0 Å². The van der Waals surface area contributed by atoms with Gasteiger partial charge < -0.3 is 15.3 Å². The minimum Gasteiger partial charge on any atom is -0.506 e. The molecule has 136 valence electrons. The van der Waals surface area contributed by atoms with Gasteiger partial charge in [0.05, 0.1) is 5.69 Å². The highest BCUT2D eigenvalue weighted by molar-refractivity contribution is 6.39. The molecule has 2 N–H and O–H groups in total. The van der Waals surface area contributed by atoms with Gasteiger partial charge >= 0.3 is 11.8 Å². The zero-order valence-corrected chi connectivity index (χ0v) is 14.8. The van der Waals surface area contributed by atoms with Crippen LogP contribution in [0.4, 0.5) is 5.69 Å². The van der Waals surface area contributed by atoms with Crippen LogP contribution in [-0.2, 0) is 16.1 Å². The molecular formula is C20H23N3O3. The van der Waals surface area contributed by atoms with Crippen molar-refractivity contribution in [2.75, 3.05) is 31.5 Å². The molecule has 0 spiro atoms. The highest BCUT2D eigenvalue weighted by atomic mass is 16.3. The maximum atomic E-state index is 12.4. The fraction of sp³-hybridized carbons (Fsp3) is 0.300. The van der Waals surface area contributed by atoms with E-state index in [0.29, 0.717) is 13.1 Å². The molecule has 1 fully saturated rings. The molecule has 6 nitrogen and oxygen atoms in total.